The van der Waals surface area contributed by atoms with E-state index in [1.807, 2.05) is 0 Å². The first-order chi connectivity index (χ1) is 8.58. The third kappa shape index (κ3) is 2.51. The average Bonchev–Trinajstić information content (AvgIpc) is 2.84. The molecule has 0 radical (unpaired) electrons. The number of phenols is 1. The van der Waals surface area contributed by atoms with E-state index in [0.29, 0.717) is 12.1 Å². The number of nitrogens with zero attached hydrogens (tertiary/aromatic N) is 2. The zero-order valence-electron chi connectivity index (χ0n) is 10.3. The maximum Gasteiger partial charge on any atom is 0.254 e. The number of amides is 1. The SMILES string of the molecule is Cc1ccc(C(=O)N(C)Cc2ncc[nH]2)cc1O. The van der Waals surface area contributed by atoms with Gasteiger partial charge in [-0.2, -0.15) is 0 Å². The van der Waals surface area contributed by atoms with Crippen molar-refractivity contribution in [2.45, 2.75) is 13.5 Å². The summed E-state index contributed by atoms with van der Waals surface area (Å²) < 4.78 is 0. The number of carbonyl (C=O) groups is 1. The van der Waals surface area contributed by atoms with Crippen molar-refractivity contribution in [2.75, 3.05) is 7.05 Å². The Morgan fingerprint density at radius 2 is 2.28 bits per heavy atom. The van der Waals surface area contributed by atoms with E-state index in [2.05, 4.69) is 9.97 Å². The highest BCUT2D eigenvalue weighted by Crippen LogP contribution is 2.18. The van der Waals surface area contributed by atoms with Gasteiger partial charge >= 0.3 is 0 Å². The molecule has 0 atom stereocenters. The van der Waals surface area contributed by atoms with Crippen molar-refractivity contribution in [1.82, 2.24) is 14.9 Å². The highest BCUT2D eigenvalue weighted by atomic mass is 16.3. The molecule has 0 fully saturated rings. The van der Waals surface area contributed by atoms with Gasteiger partial charge in [0.25, 0.3) is 5.91 Å². The summed E-state index contributed by atoms with van der Waals surface area (Å²) in [5.41, 5.74) is 1.22. The van der Waals surface area contributed by atoms with Crippen molar-refractivity contribution in [3.63, 3.8) is 0 Å². The molecule has 0 aliphatic rings. The Bertz CT molecular complexity index is 549. The van der Waals surface area contributed by atoms with Gasteiger partial charge in [-0.15, -0.1) is 0 Å². The van der Waals surface area contributed by atoms with Crippen LogP contribution in [0.1, 0.15) is 21.7 Å². The van der Waals surface area contributed by atoms with Crippen molar-refractivity contribution in [3.8, 4) is 5.75 Å². The summed E-state index contributed by atoms with van der Waals surface area (Å²) >= 11 is 0. The molecule has 0 unspecified atom stereocenters. The van der Waals surface area contributed by atoms with E-state index in [1.165, 1.54) is 6.07 Å². The highest BCUT2D eigenvalue weighted by molar-refractivity contribution is 5.94. The molecule has 18 heavy (non-hydrogen) atoms. The zero-order valence-corrected chi connectivity index (χ0v) is 10.3. The largest absolute Gasteiger partial charge is 0.508 e. The molecule has 0 aliphatic carbocycles. The fraction of sp³-hybridized carbons (Fsp3) is 0.231. The van der Waals surface area contributed by atoms with E-state index in [4.69, 9.17) is 0 Å². The van der Waals surface area contributed by atoms with Gasteiger partial charge in [-0.1, -0.05) is 6.07 Å². The van der Waals surface area contributed by atoms with Crippen molar-refractivity contribution in [2.24, 2.45) is 0 Å². The molecule has 2 N–H and O–H groups in total. The molecule has 0 saturated carbocycles. The van der Waals surface area contributed by atoms with Gasteiger partial charge in [-0.3, -0.25) is 4.79 Å². The Balaban J connectivity index is 2.12. The van der Waals surface area contributed by atoms with Gasteiger partial charge in [0, 0.05) is 25.0 Å². The predicted molar refractivity (Wildman–Crippen MR) is 67.2 cm³/mol. The number of hydrogen-bond donors (Lipinski definition) is 2. The van der Waals surface area contributed by atoms with Gasteiger partial charge < -0.3 is 15.0 Å². The number of nitrogens with one attached hydrogen (secondary N) is 1. The number of rotatable bonds is 3. The minimum Gasteiger partial charge on any atom is -0.508 e. The van der Waals surface area contributed by atoms with Crippen LogP contribution in [0.3, 0.4) is 0 Å². The van der Waals surface area contributed by atoms with E-state index >= 15 is 0 Å². The topological polar surface area (TPSA) is 69.2 Å². The molecule has 0 saturated heterocycles. The van der Waals surface area contributed by atoms with Crippen LogP contribution in [0.2, 0.25) is 0 Å². The summed E-state index contributed by atoms with van der Waals surface area (Å²) in [6.45, 7) is 2.19. The van der Waals surface area contributed by atoms with Crippen LogP contribution in [0.4, 0.5) is 0 Å². The number of hydrogen-bond acceptors (Lipinski definition) is 3. The summed E-state index contributed by atoms with van der Waals surface area (Å²) in [6, 6.07) is 4.91. The number of carbonyl (C=O) groups excluding carboxylic acids is 1. The maximum atomic E-state index is 12.1. The van der Waals surface area contributed by atoms with Crippen LogP contribution in [0, 0.1) is 6.92 Å². The van der Waals surface area contributed by atoms with Gasteiger partial charge in [0.15, 0.2) is 0 Å². The Hall–Kier alpha value is -2.30. The molecule has 0 aliphatic heterocycles. The second kappa shape index (κ2) is 4.91. The molecule has 1 heterocycles. The third-order valence-corrected chi connectivity index (χ3v) is 2.74. The number of benzene rings is 1. The lowest BCUT2D eigenvalue weighted by Gasteiger charge is -2.16. The fourth-order valence-corrected chi connectivity index (χ4v) is 1.64. The first-order valence-electron chi connectivity index (χ1n) is 5.61. The van der Waals surface area contributed by atoms with Gasteiger partial charge in [-0.05, 0) is 24.6 Å². The molecule has 1 aromatic heterocycles. The van der Waals surface area contributed by atoms with Gasteiger partial charge in [0.05, 0.1) is 6.54 Å². The summed E-state index contributed by atoms with van der Waals surface area (Å²) in [5.74, 6) is 0.705. The summed E-state index contributed by atoms with van der Waals surface area (Å²) in [6.07, 6.45) is 3.36. The van der Waals surface area contributed by atoms with Crippen LogP contribution in [0.5, 0.6) is 5.75 Å². The van der Waals surface area contributed by atoms with E-state index in [9.17, 15) is 9.90 Å². The number of phenolic OH excluding ortho intramolecular Hbond substituents is 1. The second-order valence-corrected chi connectivity index (χ2v) is 4.20. The van der Waals surface area contributed by atoms with Gasteiger partial charge in [0.2, 0.25) is 0 Å². The van der Waals surface area contributed by atoms with E-state index in [1.54, 1.807) is 43.4 Å². The lowest BCUT2D eigenvalue weighted by molar-refractivity contribution is 0.0781. The fourth-order valence-electron chi connectivity index (χ4n) is 1.64. The zero-order chi connectivity index (χ0) is 13.1. The molecule has 1 amide bonds. The Morgan fingerprint density at radius 3 is 2.89 bits per heavy atom. The molecule has 2 rings (SSSR count). The van der Waals surface area contributed by atoms with Crippen molar-refractivity contribution >= 4 is 5.91 Å². The molecule has 2 aromatic rings. The van der Waals surface area contributed by atoms with Gasteiger partial charge in [-0.25, -0.2) is 4.98 Å². The molecule has 94 valence electrons. The number of aryl methyl sites for hydroxylation is 1. The minimum atomic E-state index is -0.151. The number of aromatic nitrogens is 2. The molecule has 1 aromatic carbocycles. The first-order valence-corrected chi connectivity index (χ1v) is 5.61. The average molecular weight is 245 g/mol. The molecule has 5 nitrogen and oxygen atoms in total. The minimum absolute atomic E-state index is 0.132. The second-order valence-electron chi connectivity index (χ2n) is 4.20. The van der Waals surface area contributed by atoms with Gasteiger partial charge in [0.1, 0.15) is 11.6 Å². The number of H-pyrrole nitrogens is 1. The Morgan fingerprint density at radius 1 is 1.50 bits per heavy atom. The predicted octanol–water partition coefficient (Wildman–Crippen LogP) is 1.70. The Labute approximate surface area is 105 Å². The number of imidazole rings is 1. The lowest BCUT2D eigenvalue weighted by atomic mass is 10.1. The first kappa shape index (κ1) is 12.2. The number of aromatic hydroxyl groups is 1. The van der Waals surface area contributed by atoms with E-state index in [0.717, 1.165) is 11.4 Å². The van der Waals surface area contributed by atoms with Crippen LogP contribution in [-0.2, 0) is 6.54 Å². The molecular formula is C13H15N3O2. The van der Waals surface area contributed by atoms with Crippen molar-refractivity contribution in [3.05, 3.63) is 47.5 Å². The quantitative estimate of drug-likeness (QED) is 0.864. The van der Waals surface area contributed by atoms with Crippen LogP contribution < -0.4 is 0 Å². The van der Waals surface area contributed by atoms with E-state index < -0.39 is 0 Å². The third-order valence-electron chi connectivity index (χ3n) is 2.74. The summed E-state index contributed by atoms with van der Waals surface area (Å²) in [5, 5.41) is 9.60. The molecule has 0 bridgehead atoms. The van der Waals surface area contributed by atoms with Crippen molar-refractivity contribution in [1.29, 1.82) is 0 Å². The van der Waals surface area contributed by atoms with Crippen molar-refractivity contribution < 1.29 is 9.90 Å². The molecule has 5 heteroatoms. The molecular weight excluding hydrogens is 230 g/mol. The van der Waals surface area contributed by atoms with E-state index in [-0.39, 0.29) is 11.7 Å². The van der Waals surface area contributed by atoms with Crippen LogP contribution in [0.15, 0.2) is 30.6 Å². The molecule has 0 spiro atoms. The summed E-state index contributed by atoms with van der Waals surface area (Å²) in [4.78, 5) is 20.7. The highest BCUT2D eigenvalue weighted by Gasteiger charge is 2.13. The lowest BCUT2D eigenvalue weighted by Crippen LogP contribution is -2.26. The summed E-state index contributed by atoms with van der Waals surface area (Å²) in [7, 11) is 1.70. The van der Waals surface area contributed by atoms with Crippen LogP contribution in [0.25, 0.3) is 0 Å². The standard InChI is InChI=1S/C13H15N3O2/c1-9-3-4-10(7-11(9)17)13(18)16(2)8-12-14-5-6-15-12/h3-7,17H,8H2,1-2H3,(H,14,15). The number of aromatic amines is 1. The Kier molecular flexibility index (Phi) is 3.32. The monoisotopic (exact) mass is 245 g/mol. The van der Waals surface area contributed by atoms with Crippen LogP contribution in [-0.4, -0.2) is 32.9 Å². The maximum absolute atomic E-state index is 12.1. The van der Waals surface area contributed by atoms with Crippen LogP contribution >= 0.6 is 0 Å². The smallest absolute Gasteiger partial charge is 0.254 e. The normalized spacial score (nSPS) is 10.3.